The number of ether oxygens (including phenoxy) is 2. The van der Waals surface area contributed by atoms with Crippen LogP contribution >= 0.6 is 0 Å². The third-order valence-corrected chi connectivity index (χ3v) is 4.33. The highest BCUT2D eigenvalue weighted by atomic mass is 16.5. The summed E-state index contributed by atoms with van der Waals surface area (Å²) in [6, 6.07) is 16.8. The fourth-order valence-corrected chi connectivity index (χ4v) is 3.16. The van der Waals surface area contributed by atoms with Gasteiger partial charge in [0.15, 0.2) is 0 Å². The van der Waals surface area contributed by atoms with Gasteiger partial charge >= 0.3 is 0 Å². The zero-order valence-electron chi connectivity index (χ0n) is 14.8. The highest BCUT2D eigenvalue weighted by Crippen LogP contribution is 2.41. The summed E-state index contributed by atoms with van der Waals surface area (Å²) in [5, 5.41) is 3.64. The molecule has 1 N–H and O–H groups in total. The number of fused-ring (bicyclic) bond motifs is 1. The minimum absolute atomic E-state index is 0.170. The minimum Gasteiger partial charge on any atom is -0.489 e. The maximum Gasteiger partial charge on any atom is 0.128 e. The van der Waals surface area contributed by atoms with Crippen molar-refractivity contribution in [3.8, 4) is 11.5 Å². The second-order valence-electron chi connectivity index (χ2n) is 7.05. The molecule has 0 saturated heterocycles. The van der Waals surface area contributed by atoms with Gasteiger partial charge in [-0.05, 0) is 38.4 Å². The molecule has 0 amide bonds. The zero-order valence-corrected chi connectivity index (χ0v) is 14.8. The largest absolute Gasteiger partial charge is 0.489 e. The lowest BCUT2D eigenvalue weighted by Gasteiger charge is -2.38. The summed E-state index contributed by atoms with van der Waals surface area (Å²) >= 11 is 0. The van der Waals surface area contributed by atoms with E-state index >= 15 is 0 Å². The summed E-state index contributed by atoms with van der Waals surface area (Å²) < 4.78 is 12.1. The van der Waals surface area contributed by atoms with Gasteiger partial charge < -0.3 is 14.8 Å². The van der Waals surface area contributed by atoms with E-state index < -0.39 is 0 Å². The van der Waals surface area contributed by atoms with Crippen molar-refractivity contribution in [2.24, 2.45) is 0 Å². The molecule has 2 aromatic rings. The van der Waals surface area contributed by atoms with Crippen LogP contribution in [0.5, 0.6) is 11.5 Å². The lowest BCUT2D eigenvalue weighted by molar-refractivity contribution is 0.0657. The number of hydrogen-bond donors (Lipinski definition) is 1. The van der Waals surface area contributed by atoms with E-state index in [1.807, 2.05) is 30.3 Å². The lowest BCUT2D eigenvalue weighted by Crippen LogP contribution is -2.39. The first-order valence-corrected chi connectivity index (χ1v) is 8.80. The molecule has 3 nitrogen and oxygen atoms in total. The van der Waals surface area contributed by atoms with Gasteiger partial charge in [-0.3, -0.25) is 0 Å². The quantitative estimate of drug-likeness (QED) is 0.822. The van der Waals surface area contributed by atoms with Gasteiger partial charge in [0, 0.05) is 24.1 Å². The molecule has 0 saturated carbocycles. The molecule has 0 fully saturated rings. The maximum atomic E-state index is 6.20. The number of hydrogen-bond acceptors (Lipinski definition) is 3. The summed E-state index contributed by atoms with van der Waals surface area (Å²) in [5.41, 5.74) is 2.23. The van der Waals surface area contributed by atoms with Crippen LogP contribution in [-0.2, 0) is 6.61 Å². The number of benzene rings is 2. The molecule has 1 atom stereocenters. The molecule has 2 aromatic carbocycles. The molecule has 128 valence electrons. The van der Waals surface area contributed by atoms with Crippen molar-refractivity contribution in [1.82, 2.24) is 5.32 Å². The Hall–Kier alpha value is -2.00. The lowest BCUT2D eigenvalue weighted by atomic mass is 9.89. The molecule has 3 heteroatoms. The summed E-state index contributed by atoms with van der Waals surface area (Å²) in [7, 11) is 0. The minimum atomic E-state index is -0.170. The maximum absolute atomic E-state index is 6.20. The van der Waals surface area contributed by atoms with E-state index in [1.165, 1.54) is 11.1 Å². The number of rotatable bonds is 6. The first kappa shape index (κ1) is 16.8. The Morgan fingerprint density at radius 1 is 1.17 bits per heavy atom. The molecule has 0 aliphatic carbocycles. The highest BCUT2D eigenvalue weighted by Gasteiger charge is 2.33. The van der Waals surface area contributed by atoms with Crippen molar-refractivity contribution in [3.63, 3.8) is 0 Å². The van der Waals surface area contributed by atoms with Crippen molar-refractivity contribution in [3.05, 3.63) is 59.7 Å². The Kier molecular flexibility index (Phi) is 5.10. The van der Waals surface area contributed by atoms with Gasteiger partial charge in [-0.25, -0.2) is 0 Å². The Labute approximate surface area is 145 Å². The van der Waals surface area contributed by atoms with Gasteiger partial charge in [0.05, 0.1) is 0 Å². The Morgan fingerprint density at radius 2 is 1.96 bits per heavy atom. The average Bonchev–Trinajstić information content (AvgIpc) is 2.57. The smallest absolute Gasteiger partial charge is 0.128 e. The summed E-state index contributed by atoms with van der Waals surface area (Å²) in [6.07, 6.45) is 2.11. The SMILES string of the molecule is CCCNC1CC(C)(C)Oc2cc(OCc3ccccc3)ccc21. The van der Waals surface area contributed by atoms with Crippen molar-refractivity contribution < 1.29 is 9.47 Å². The van der Waals surface area contributed by atoms with Crippen LogP contribution in [-0.4, -0.2) is 12.1 Å². The molecule has 24 heavy (non-hydrogen) atoms. The van der Waals surface area contributed by atoms with Crippen molar-refractivity contribution in [1.29, 1.82) is 0 Å². The topological polar surface area (TPSA) is 30.5 Å². The van der Waals surface area contributed by atoms with Gasteiger partial charge in [-0.15, -0.1) is 0 Å². The van der Waals surface area contributed by atoms with Crippen LogP contribution in [0.3, 0.4) is 0 Å². The fraction of sp³-hybridized carbons (Fsp3) is 0.429. The van der Waals surface area contributed by atoms with Gasteiger partial charge in [-0.2, -0.15) is 0 Å². The van der Waals surface area contributed by atoms with E-state index in [2.05, 4.69) is 44.3 Å². The average molecular weight is 325 g/mol. The highest BCUT2D eigenvalue weighted by molar-refractivity contribution is 5.44. The van der Waals surface area contributed by atoms with Crippen LogP contribution in [0.2, 0.25) is 0 Å². The molecular weight excluding hydrogens is 298 g/mol. The molecule has 1 aliphatic heterocycles. The van der Waals surface area contributed by atoms with E-state index in [0.29, 0.717) is 12.6 Å². The molecule has 3 rings (SSSR count). The van der Waals surface area contributed by atoms with E-state index in [1.54, 1.807) is 0 Å². The Morgan fingerprint density at radius 3 is 2.71 bits per heavy atom. The van der Waals surface area contributed by atoms with Gasteiger partial charge in [0.25, 0.3) is 0 Å². The van der Waals surface area contributed by atoms with E-state index in [-0.39, 0.29) is 5.60 Å². The molecule has 0 spiro atoms. The Bertz CT molecular complexity index is 667. The van der Waals surface area contributed by atoms with Crippen LogP contribution in [0, 0.1) is 0 Å². The third kappa shape index (κ3) is 4.09. The van der Waals surface area contributed by atoms with Crippen LogP contribution in [0.1, 0.15) is 50.8 Å². The molecule has 0 radical (unpaired) electrons. The van der Waals surface area contributed by atoms with E-state index in [0.717, 1.165) is 30.9 Å². The fourth-order valence-electron chi connectivity index (χ4n) is 3.16. The van der Waals surface area contributed by atoms with Crippen molar-refractivity contribution in [2.45, 2.75) is 51.9 Å². The molecular formula is C21H27NO2. The zero-order chi connectivity index (χ0) is 17.0. The van der Waals surface area contributed by atoms with E-state index in [4.69, 9.17) is 9.47 Å². The standard InChI is InChI=1S/C21H27NO2/c1-4-12-22-19-14-21(2,3)24-20-13-17(10-11-18(19)20)23-15-16-8-6-5-7-9-16/h5-11,13,19,22H,4,12,14-15H2,1-3H3. The van der Waals surface area contributed by atoms with Crippen LogP contribution in [0.15, 0.2) is 48.5 Å². The van der Waals surface area contributed by atoms with Gasteiger partial charge in [0.1, 0.15) is 23.7 Å². The van der Waals surface area contributed by atoms with Crippen LogP contribution in [0.4, 0.5) is 0 Å². The predicted molar refractivity (Wildman–Crippen MR) is 97.6 cm³/mol. The molecule has 0 aromatic heterocycles. The Balaban J connectivity index is 1.76. The first-order chi connectivity index (χ1) is 11.6. The van der Waals surface area contributed by atoms with E-state index in [9.17, 15) is 0 Å². The normalized spacial score (nSPS) is 18.5. The summed E-state index contributed by atoms with van der Waals surface area (Å²) in [5.74, 6) is 1.79. The monoisotopic (exact) mass is 325 g/mol. The van der Waals surface area contributed by atoms with Gasteiger partial charge in [-0.1, -0.05) is 43.3 Å². The second-order valence-corrected chi connectivity index (χ2v) is 7.05. The molecule has 1 heterocycles. The van der Waals surface area contributed by atoms with Crippen molar-refractivity contribution in [2.75, 3.05) is 6.54 Å². The number of nitrogens with one attached hydrogen (secondary N) is 1. The van der Waals surface area contributed by atoms with Gasteiger partial charge in [0.2, 0.25) is 0 Å². The molecule has 0 bridgehead atoms. The predicted octanol–water partition coefficient (Wildman–Crippen LogP) is 4.87. The van der Waals surface area contributed by atoms with Crippen molar-refractivity contribution >= 4 is 0 Å². The third-order valence-electron chi connectivity index (χ3n) is 4.33. The molecule has 1 unspecified atom stereocenters. The second kappa shape index (κ2) is 7.27. The van der Waals surface area contributed by atoms with Crippen LogP contribution < -0.4 is 14.8 Å². The van der Waals surface area contributed by atoms with Crippen LogP contribution in [0.25, 0.3) is 0 Å². The summed E-state index contributed by atoms with van der Waals surface area (Å²) in [4.78, 5) is 0. The summed E-state index contributed by atoms with van der Waals surface area (Å²) in [6.45, 7) is 8.08. The first-order valence-electron chi connectivity index (χ1n) is 8.80. The molecule has 1 aliphatic rings.